The Kier molecular flexibility index (Phi) is 7.53. The summed E-state index contributed by atoms with van der Waals surface area (Å²) >= 11 is 0. The summed E-state index contributed by atoms with van der Waals surface area (Å²) in [6, 6.07) is 11.4. The molecule has 3 aliphatic rings. The highest BCUT2D eigenvalue weighted by atomic mass is 16.5. The van der Waals surface area contributed by atoms with Crippen molar-refractivity contribution in [2.24, 2.45) is 0 Å². The second-order valence-electron chi connectivity index (χ2n) is 10.3. The number of hydrogen-bond acceptors (Lipinski definition) is 5. The van der Waals surface area contributed by atoms with Gasteiger partial charge in [0, 0.05) is 49.4 Å². The van der Waals surface area contributed by atoms with Gasteiger partial charge < -0.3 is 15.0 Å². The van der Waals surface area contributed by atoms with Crippen LogP contribution < -0.4 is 5.32 Å². The number of ether oxygens (including phenoxy) is 1. The summed E-state index contributed by atoms with van der Waals surface area (Å²) in [6.07, 6.45) is 3.22. The lowest BCUT2D eigenvalue weighted by Gasteiger charge is -2.30. The van der Waals surface area contributed by atoms with Gasteiger partial charge in [-0.1, -0.05) is 30.8 Å². The summed E-state index contributed by atoms with van der Waals surface area (Å²) in [5.41, 5.74) is 6.51. The molecule has 37 heavy (non-hydrogen) atoms. The first-order chi connectivity index (χ1) is 17.9. The molecule has 3 aliphatic heterocycles. The number of amides is 2. The molecular weight excluding hydrogens is 466 g/mol. The van der Waals surface area contributed by atoms with Crippen LogP contribution >= 0.6 is 0 Å². The molecule has 0 radical (unpaired) electrons. The van der Waals surface area contributed by atoms with Gasteiger partial charge in [0.15, 0.2) is 5.78 Å². The van der Waals surface area contributed by atoms with E-state index < -0.39 is 6.04 Å². The fourth-order valence-electron chi connectivity index (χ4n) is 5.48. The normalized spacial score (nSPS) is 20.2. The van der Waals surface area contributed by atoms with E-state index in [-0.39, 0.29) is 17.6 Å². The third-order valence-corrected chi connectivity index (χ3v) is 7.81. The first-order valence-corrected chi connectivity index (χ1v) is 13.2. The number of ketones is 1. The standard InChI is InChI=1S/C30H35N3O4/c1-20-3-7-24(18-23(20)11-12-32-13-15-37-16-14-32)28(34)10-6-22-5-8-26-25(17-22)19-33(30(26)36)27-9-4-21(2)31-29(27)35/h3,5,7-8,17-18,27H,2,4,6,9-16,19H2,1H3,(H,31,35). The molecule has 0 spiro atoms. The van der Waals surface area contributed by atoms with Crippen LogP contribution in [0.4, 0.5) is 0 Å². The third kappa shape index (κ3) is 5.68. The van der Waals surface area contributed by atoms with Crippen molar-refractivity contribution in [2.75, 3.05) is 32.8 Å². The predicted octanol–water partition coefficient (Wildman–Crippen LogP) is 3.43. The SMILES string of the molecule is C=C1CCC(N2Cc3cc(CCC(=O)c4ccc(C)c(CCN5CCOCC5)c4)ccc3C2=O)C(=O)N1. The molecule has 2 aromatic rings. The van der Waals surface area contributed by atoms with Crippen molar-refractivity contribution in [1.29, 1.82) is 0 Å². The van der Waals surface area contributed by atoms with Crippen LogP contribution in [0.5, 0.6) is 0 Å². The lowest BCUT2D eigenvalue weighted by molar-refractivity contribution is -0.126. The van der Waals surface area contributed by atoms with Gasteiger partial charge in [-0.2, -0.15) is 0 Å². The first-order valence-electron chi connectivity index (χ1n) is 13.2. The Bertz CT molecular complexity index is 1230. The fraction of sp³-hybridized carbons (Fsp3) is 0.433. The van der Waals surface area contributed by atoms with E-state index in [9.17, 15) is 14.4 Å². The van der Waals surface area contributed by atoms with Crippen LogP contribution in [0, 0.1) is 6.92 Å². The Morgan fingerprint density at radius 1 is 1.11 bits per heavy atom. The zero-order valence-electron chi connectivity index (χ0n) is 21.6. The van der Waals surface area contributed by atoms with Crippen molar-refractivity contribution >= 4 is 17.6 Å². The Hall–Kier alpha value is -3.29. The van der Waals surface area contributed by atoms with E-state index in [0.29, 0.717) is 43.5 Å². The second-order valence-corrected chi connectivity index (χ2v) is 10.3. The molecule has 7 heteroatoms. The number of hydrogen-bond donors (Lipinski definition) is 1. The van der Waals surface area contributed by atoms with E-state index in [2.05, 4.69) is 29.8 Å². The lowest BCUT2D eigenvalue weighted by Crippen LogP contribution is -2.49. The van der Waals surface area contributed by atoms with Gasteiger partial charge >= 0.3 is 0 Å². The molecular formula is C30H35N3O4. The van der Waals surface area contributed by atoms with Gasteiger partial charge in [0.05, 0.1) is 13.2 Å². The molecule has 1 N–H and O–H groups in total. The molecule has 3 heterocycles. The van der Waals surface area contributed by atoms with Gasteiger partial charge in [0.25, 0.3) is 5.91 Å². The number of piperidine rings is 1. The van der Waals surface area contributed by atoms with Gasteiger partial charge in [0.2, 0.25) is 5.91 Å². The quantitative estimate of drug-likeness (QED) is 0.561. The molecule has 194 valence electrons. The molecule has 5 rings (SSSR count). The summed E-state index contributed by atoms with van der Waals surface area (Å²) < 4.78 is 5.44. The number of aryl methyl sites for hydroxylation is 2. The lowest BCUT2D eigenvalue weighted by atomic mass is 9.96. The molecule has 1 atom stereocenters. The van der Waals surface area contributed by atoms with Crippen LogP contribution in [0.25, 0.3) is 0 Å². The van der Waals surface area contributed by atoms with Crippen molar-refractivity contribution in [3.8, 4) is 0 Å². The van der Waals surface area contributed by atoms with E-state index in [1.807, 2.05) is 30.3 Å². The predicted molar refractivity (Wildman–Crippen MR) is 141 cm³/mol. The Balaban J connectivity index is 1.19. The second kappa shape index (κ2) is 11.0. The van der Waals surface area contributed by atoms with E-state index in [4.69, 9.17) is 4.74 Å². The number of benzene rings is 2. The zero-order valence-corrected chi connectivity index (χ0v) is 21.6. The first kappa shape index (κ1) is 25.4. The Morgan fingerprint density at radius 2 is 1.92 bits per heavy atom. The van der Waals surface area contributed by atoms with E-state index >= 15 is 0 Å². The topological polar surface area (TPSA) is 79.0 Å². The van der Waals surface area contributed by atoms with Gasteiger partial charge in [-0.3, -0.25) is 19.3 Å². The molecule has 2 aromatic carbocycles. The van der Waals surface area contributed by atoms with Gasteiger partial charge in [-0.05, 0) is 67.0 Å². The van der Waals surface area contributed by atoms with E-state index in [1.54, 1.807) is 4.90 Å². The largest absolute Gasteiger partial charge is 0.379 e. The summed E-state index contributed by atoms with van der Waals surface area (Å²) in [5, 5.41) is 2.77. The summed E-state index contributed by atoms with van der Waals surface area (Å²) in [7, 11) is 0. The Morgan fingerprint density at radius 3 is 2.70 bits per heavy atom. The van der Waals surface area contributed by atoms with Crippen molar-refractivity contribution < 1.29 is 19.1 Å². The van der Waals surface area contributed by atoms with Crippen molar-refractivity contribution in [3.05, 3.63) is 82.1 Å². The average Bonchev–Trinajstić information content (AvgIpc) is 3.22. The minimum atomic E-state index is -0.464. The van der Waals surface area contributed by atoms with Crippen LogP contribution in [-0.4, -0.2) is 66.3 Å². The van der Waals surface area contributed by atoms with Gasteiger partial charge in [-0.25, -0.2) is 0 Å². The molecule has 0 aromatic heterocycles. The molecule has 2 saturated heterocycles. The number of Topliss-reactive ketones (excluding diaryl/α,β-unsaturated/α-hetero) is 1. The van der Waals surface area contributed by atoms with E-state index in [1.165, 1.54) is 11.1 Å². The maximum Gasteiger partial charge on any atom is 0.255 e. The van der Waals surface area contributed by atoms with Crippen LogP contribution in [0.3, 0.4) is 0 Å². The molecule has 0 aliphatic carbocycles. The number of nitrogens with one attached hydrogen (secondary N) is 1. The van der Waals surface area contributed by atoms with Crippen LogP contribution in [-0.2, 0) is 28.9 Å². The maximum atomic E-state index is 13.1. The summed E-state index contributed by atoms with van der Waals surface area (Å²) in [4.78, 5) is 42.5. The van der Waals surface area contributed by atoms with Crippen LogP contribution in [0.2, 0.25) is 0 Å². The molecule has 0 saturated carbocycles. The van der Waals surface area contributed by atoms with Crippen molar-refractivity contribution in [3.63, 3.8) is 0 Å². The van der Waals surface area contributed by atoms with Crippen LogP contribution in [0.1, 0.15) is 62.2 Å². The van der Waals surface area contributed by atoms with Gasteiger partial charge in [-0.15, -0.1) is 0 Å². The Labute approximate surface area is 218 Å². The highest BCUT2D eigenvalue weighted by Gasteiger charge is 2.38. The average molecular weight is 502 g/mol. The highest BCUT2D eigenvalue weighted by molar-refractivity contribution is 6.01. The molecule has 0 bridgehead atoms. The third-order valence-electron chi connectivity index (χ3n) is 7.81. The fourth-order valence-corrected chi connectivity index (χ4v) is 5.48. The molecule has 2 amide bonds. The van der Waals surface area contributed by atoms with Crippen molar-refractivity contribution in [1.82, 2.24) is 15.1 Å². The number of allylic oxidation sites excluding steroid dienone is 1. The number of carbonyl (C=O) groups excluding carboxylic acids is 3. The van der Waals surface area contributed by atoms with Gasteiger partial charge in [0.1, 0.15) is 6.04 Å². The number of nitrogens with zero attached hydrogens (tertiary/aromatic N) is 2. The number of fused-ring (bicyclic) bond motifs is 1. The minimum absolute atomic E-state index is 0.102. The molecule has 2 fully saturated rings. The van der Waals surface area contributed by atoms with Crippen LogP contribution in [0.15, 0.2) is 48.7 Å². The van der Waals surface area contributed by atoms with E-state index in [0.717, 1.165) is 56.0 Å². The number of carbonyl (C=O) groups is 3. The summed E-state index contributed by atoms with van der Waals surface area (Å²) in [6.45, 7) is 10.8. The monoisotopic (exact) mass is 501 g/mol. The highest BCUT2D eigenvalue weighted by Crippen LogP contribution is 2.29. The smallest absolute Gasteiger partial charge is 0.255 e. The zero-order chi connectivity index (χ0) is 25.9. The minimum Gasteiger partial charge on any atom is -0.379 e. The summed E-state index contributed by atoms with van der Waals surface area (Å²) in [5.74, 6) is -0.134. The number of rotatable bonds is 8. The molecule has 1 unspecified atom stereocenters. The number of morpholine rings is 1. The molecule has 7 nitrogen and oxygen atoms in total. The van der Waals surface area contributed by atoms with Crippen molar-refractivity contribution in [2.45, 2.75) is 51.6 Å². The maximum absolute atomic E-state index is 13.1.